The van der Waals surface area contributed by atoms with Crippen molar-refractivity contribution >= 4 is 0 Å². The van der Waals surface area contributed by atoms with Crippen molar-refractivity contribution in [2.45, 2.75) is 91.0 Å². The van der Waals surface area contributed by atoms with Crippen molar-refractivity contribution < 1.29 is 14.6 Å². The molecule has 0 radical (unpaired) electrons. The highest BCUT2D eigenvalue weighted by molar-refractivity contribution is 5.44. The van der Waals surface area contributed by atoms with Crippen LogP contribution in [0.4, 0.5) is 0 Å². The molecule has 0 aromatic heterocycles. The molecule has 4 atom stereocenters. The van der Waals surface area contributed by atoms with Crippen molar-refractivity contribution in [1.29, 1.82) is 0 Å². The first-order valence-electron chi connectivity index (χ1n) is 11.5. The monoisotopic (exact) mass is 398 g/mol. The average molecular weight is 399 g/mol. The number of ether oxygens (including phenoxy) is 2. The van der Waals surface area contributed by atoms with Crippen molar-refractivity contribution in [2.75, 3.05) is 13.2 Å². The zero-order valence-electron chi connectivity index (χ0n) is 18.7. The van der Waals surface area contributed by atoms with E-state index in [-0.39, 0.29) is 22.7 Å². The fraction of sp³-hybridized carbons (Fsp3) is 0.769. The second-order valence-corrected chi connectivity index (χ2v) is 11.0. The number of aliphatic hydroxyl groups is 1. The first-order chi connectivity index (χ1) is 13.7. The van der Waals surface area contributed by atoms with E-state index in [0.29, 0.717) is 11.8 Å². The van der Waals surface area contributed by atoms with Crippen molar-refractivity contribution in [1.82, 2.24) is 0 Å². The van der Waals surface area contributed by atoms with Gasteiger partial charge < -0.3 is 14.6 Å². The van der Waals surface area contributed by atoms with Gasteiger partial charge in [-0.25, -0.2) is 0 Å². The largest absolute Gasteiger partial charge is 0.393 e. The lowest BCUT2D eigenvalue weighted by atomic mass is 9.58. The van der Waals surface area contributed by atoms with E-state index in [1.165, 1.54) is 19.3 Å². The lowest BCUT2D eigenvalue weighted by Crippen LogP contribution is -2.42. The zero-order chi connectivity index (χ0) is 20.9. The summed E-state index contributed by atoms with van der Waals surface area (Å²) in [5.41, 5.74) is 5.06. The quantitative estimate of drug-likeness (QED) is 0.556. The minimum atomic E-state index is -0.293. The Hall–Kier alpha value is -1.08. The molecule has 1 aliphatic heterocycles. The first kappa shape index (κ1) is 21.2. The average Bonchev–Trinajstić information content (AvgIpc) is 3.26. The smallest absolute Gasteiger partial charge is 0.172 e. The number of aliphatic hydroxyl groups excluding tert-OH is 1. The van der Waals surface area contributed by atoms with Crippen LogP contribution in [0.2, 0.25) is 0 Å². The third kappa shape index (κ3) is 3.85. The molecular formula is C26H38O3. The summed E-state index contributed by atoms with van der Waals surface area (Å²) >= 11 is 0. The molecule has 3 heteroatoms. The molecule has 4 aliphatic carbocycles. The van der Waals surface area contributed by atoms with Gasteiger partial charge in [0.25, 0.3) is 0 Å². The highest BCUT2D eigenvalue weighted by Gasteiger charge is 2.53. The SMILES string of the molecule is C#CC(C)(C)C.CC12CC=C3C4=C(CCC3C1CCC2O)CC1(CC4)OCCO1. The number of rotatable bonds is 0. The molecule has 2 fully saturated rings. The molecule has 160 valence electrons. The van der Waals surface area contributed by atoms with Gasteiger partial charge in [0.2, 0.25) is 0 Å². The Morgan fingerprint density at radius 2 is 1.83 bits per heavy atom. The van der Waals surface area contributed by atoms with E-state index in [2.05, 4.69) is 18.9 Å². The van der Waals surface area contributed by atoms with Crippen LogP contribution in [0.5, 0.6) is 0 Å². The van der Waals surface area contributed by atoms with Crippen LogP contribution < -0.4 is 0 Å². The topological polar surface area (TPSA) is 38.7 Å². The Kier molecular flexibility index (Phi) is 5.52. The van der Waals surface area contributed by atoms with Gasteiger partial charge in [0.05, 0.1) is 19.3 Å². The van der Waals surface area contributed by atoms with Gasteiger partial charge in [0.15, 0.2) is 5.79 Å². The molecule has 5 aliphatic rings. The molecule has 1 saturated carbocycles. The van der Waals surface area contributed by atoms with Crippen molar-refractivity contribution in [2.24, 2.45) is 22.7 Å². The predicted molar refractivity (Wildman–Crippen MR) is 116 cm³/mol. The minimum absolute atomic E-state index is 0.0694. The minimum Gasteiger partial charge on any atom is -0.393 e. The summed E-state index contributed by atoms with van der Waals surface area (Å²) in [4.78, 5) is 0. The number of hydrogen-bond donors (Lipinski definition) is 1. The molecule has 0 bridgehead atoms. The molecule has 0 aromatic rings. The molecular weight excluding hydrogens is 360 g/mol. The molecule has 1 N–H and O–H groups in total. The Bertz CT molecular complexity index is 741. The van der Waals surface area contributed by atoms with Crippen LogP contribution in [0.15, 0.2) is 22.8 Å². The Morgan fingerprint density at radius 3 is 2.48 bits per heavy atom. The van der Waals surface area contributed by atoms with Gasteiger partial charge in [-0.3, -0.25) is 0 Å². The van der Waals surface area contributed by atoms with Crippen LogP contribution >= 0.6 is 0 Å². The third-order valence-corrected chi connectivity index (χ3v) is 8.02. The maximum Gasteiger partial charge on any atom is 0.172 e. The van der Waals surface area contributed by atoms with Crippen LogP contribution in [-0.2, 0) is 9.47 Å². The maximum atomic E-state index is 10.5. The van der Waals surface area contributed by atoms with Gasteiger partial charge in [0, 0.05) is 23.7 Å². The summed E-state index contributed by atoms with van der Waals surface area (Å²) in [5.74, 6) is 3.68. The third-order valence-electron chi connectivity index (χ3n) is 8.02. The molecule has 1 spiro atoms. The lowest BCUT2D eigenvalue weighted by Gasteiger charge is -2.48. The fourth-order valence-electron chi connectivity index (χ4n) is 6.27. The predicted octanol–water partition coefficient (Wildman–Crippen LogP) is 5.39. The molecule has 0 amide bonds. The molecule has 1 heterocycles. The van der Waals surface area contributed by atoms with Crippen LogP contribution in [0, 0.1) is 35.0 Å². The van der Waals surface area contributed by atoms with E-state index in [1.54, 1.807) is 16.7 Å². The number of fused-ring (bicyclic) bond motifs is 4. The van der Waals surface area contributed by atoms with E-state index in [0.717, 1.165) is 45.3 Å². The Balaban J connectivity index is 0.000000302. The maximum absolute atomic E-state index is 10.5. The second-order valence-electron chi connectivity index (χ2n) is 11.0. The normalized spacial score (nSPS) is 37.7. The van der Waals surface area contributed by atoms with Crippen molar-refractivity contribution in [3.05, 3.63) is 22.8 Å². The van der Waals surface area contributed by atoms with Gasteiger partial charge in [-0.05, 0) is 82.3 Å². The van der Waals surface area contributed by atoms with E-state index >= 15 is 0 Å². The van der Waals surface area contributed by atoms with Crippen LogP contribution in [0.25, 0.3) is 0 Å². The molecule has 4 unspecified atom stereocenters. The molecule has 3 nitrogen and oxygen atoms in total. The highest BCUT2D eigenvalue weighted by Crippen LogP contribution is 2.59. The summed E-state index contributed by atoms with van der Waals surface area (Å²) in [6, 6.07) is 0. The van der Waals surface area contributed by atoms with Crippen molar-refractivity contribution in [3.63, 3.8) is 0 Å². The van der Waals surface area contributed by atoms with Gasteiger partial charge in [-0.2, -0.15) is 0 Å². The molecule has 0 aromatic carbocycles. The van der Waals surface area contributed by atoms with Gasteiger partial charge in [-0.15, -0.1) is 12.3 Å². The Labute approximate surface area is 176 Å². The van der Waals surface area contributed by atoms with Gasteiger partial charge in [0.1, 0.15) is 0 Å². The second kappa shape index (κ2) is 7.56. The Morgan fingerprint density at radius 1 is 1.14 bits per heavy atom. The summed E-state index contributed by atoms with van der Waals surface area (Å²) in [5, 5.41) is 10.5. The summed E-state index contributed by atoms with van der Waals surface area (Å²) < 4.78 is 11.9. The highest BCUT2D eigenvalue weighted by atomic mass is 16.7. The van der Waals surface area contributed by atoms with Gasteiger partial charge >= 0.3 is 0 Å². The molecule has 1 saturated heterocycles. The van der Waals surface area contributed by atoms with Crippen LogP contribution in [0.1, 0.15) is 79.1 Å². The number of hydrogen-bond acceptors (Lipinski definition) is 3. The summed E-state index contributed by atoms with van der Waals surface area (Å²) in [6.07, 6.45) is 16.3. The van der Waals surface area contributed by atoms with E-state index in [1.807, 2.05) is 20.8 Å². The van der Waals surface area contributed by atoms with Crippen LogP contribution in [-0.4, -0.2) is 30.2 Å². The number of allylic oxidation sites excluding steroid dienone is 3. The van der Waals surface area contributed by atoms with E-state index in [4.69, 9.17) is 15.9 Å². The first-order valence-corrected chi connectivity index (χ1v) is 11.5. The van der Waals surface area contributed by atoms with Crippen molar-refractivity contribution in [3.8, 4) is 12.3 Å². The molecule has 5 rings (SSSR count). The standard InChI is InChI=1S/C20H28O3.C6H10/c1-19-8-6-15-14-7-9-20(22-10-11-23-20)12-13(14)2-3-16(15)17(19)4-5-18(19)21;1-5-6(2,3)4/h6,16-18,21H,2-5,7-12H2,1H3;1H,2-4H3. The number of terminal acetylenes is 1. The zero-order valence-corrected chi connectivity index (χ0v) is 18.7. The summed E-state index contributed by atoms with van der Waals surface area (Å²) in [7, 11) is 0. The van der Waals surface area contributed by atoms with Crippen LogP contribution in [0.3, 0.4) is 0 Å². The fourth-order valence-corrected chi connectivity index (χ4v) is 6.27. The molecule has 29 heavy (non-hydrogen) atoms. The summed E-state index contributed by atoms with van der Waals surface area (Å²) in [6.45, 7) is 9.86. The van der Waals surface area contributed by atoms with E-state index in [9.17, 15) is 5.11 Å². The van der Waals surface area contributed by atoms with E-state index < -0.39 is 0 Å². The lowest BCUT2D eigenvalue weighted by molar-refractivity contribution is -0.164. The van der Waals surface area contributed by atoms with Gasteiger partial charge in [-0.1, -0.05) is 18.6 Å².